The minimum Gasteiger partial charge on any atom is -0.515 e. The summed E-state index contributed by atoms with van der Waals surface area (Å²) in [7, 11) is 1.26. The fraction of sp³-hybridized carbons (Fsp3) is 0.200. The molecule has 4 heteroatoms. The molecule has 0 aliphatic rings. The topological polar surface area (TPSA) is 61.1 Å². The Kier molecular flexibility index (Phi) is 4.24. The highest BCUT2D eigenvalue weighted by Crippen LogP contribution is 1.95. The van der Waals surface area contributed by atoms with Crippen LogP contribution in [0.2, 0.25) is 6.32 Å². The van der Waals surface area contributed by atoms with E-state index >= 15 is 0 Å². The van der Waals surface area contributed by atoms with Crippen LogP contribution in [0.5, 0.6) is 0 Å². The van der Waals surface area contributed by atoms with E-state index in [1.165, 1.54) is 7.28 Å². The molecular weight excluding hydrogens is 117 g/mol. The molecule has 3 nitrogen and oxygen atoms in total. The van der Waals surface area contributed by atoms with Crippen LogP contribution in [0.4, 0.5) is 0 Å². The lowest BCUT2D eigenvalue weighted by molar-refractivity contribution is 0.469. The van der Waals surface area contributed by atoms with E-state index < -0.39 is 0 Å². The van der Waals surface area contributed by atoms with E-state index in [0.717, 1.165) is 0 Å². The molecule has 0 aromatic heterocycles. The Morgan fingerprint density at radius 3 is 2.89 bits per heavy atom. The Morgan fingerprint density at radius 2 is 2.56 bits per heavy atom. The van der Waals surface area contributed by atoms with E-state index in [1.54, 1.807) is 6.07 Å². The normalized spacial score (nSPS) is 9.89. The van der Waals surface area contributed by atoms with E-state index in [2.05, 4.69) is 0 Å². The van der Waals surface area contributed by atoms with Crippen LogP contribution >= 0.6 is 0 Å². The Bertz CT molecular complexity index is 159. The molecule has 0 spiro atoms. The molecule has 0 saturated heterocycles. The van der Waals surface area contributed by atoms with Crippen molar-refractivity contribution in [3.63, 3.8) is 0 Å². The van der Waals surface area contributed by atoms with Gasteiger partial charge in [0.15, 0.2) is 0 Å². The predicted molar refractivity (Wildman–Crippen MR) is 33.6 cm³/mol. The van der Waals surface area contributed by atoms with Gasteiger partial charge >= 0.3 is 0 Å². The summed E-state index contributed by atoms with van der Waals surface area (Å²) >= 11 is 0. The zero-order valence-corrected chi connectivity index (χ0v) is 4.74. The summed E-state index contributed by atoms with van der Waals surface area (Å²) in [4.78, 5) is 9.67. The van der Waals surface area contributed by atoms with Gasteiger partial charge in [0, 0.05) is 0 Å². The van der Waals surface area contributed by atoms with Gasteiger partial charge < -0.3 is 9.90 Å². The zero-order chi connectivity index (χ0) is 7.11. The van der Waals surface area contributed by atoms with Crippen LogP contribution in [0.3, 0.4) is 0 Å². The molecular formula is C5H5BNO2. The van der Waals surface area contributed by atoms with Gasteiger partial charge in [-0.1, -0.05) is 0 Å². The number of carbonyl (C=O) groups is 1. The molecule has 0 heterocycles. The maximum Gasteiger partial charge on any atom is 0.203 e. The number of allylic oxidation sites excluding steroid dienone is 1. The number of hydrogen-bond donors (Lipinski definition) is 1. The molecule has 0 aliphatic heterocycles. The smallest absolute Gasteiger partial charge is 0.203 e. The molecule has 45 valence electrons. The van der Waals surface area contributed by atoms with Gasteiger partial charge in [-0.05, 0) is 6.32 Å². The molecule has 0 amide bonds. The third-order valence-corrected chi connectivity index (χ3v) is 0.733. The lowest BCUT2D eigenvalue weighted by Crippen LogP contribution is -1.91. The molecule has 1 N–H and O–H groups in total. The highest BCUT2D eigenvalue weighted by Gasteiger charge is 1.94. The molecule has 0 aliphatic carbocycles. The van der Waals surface area contributed by atoms with Crippen molar-refractivity contribution in [2.75, 3.05) is 0 Å². The number of aliphatic hydroxyl groups excluding tert-OH is 1. The van der Waals surface area contributed by atoms with Crippen molar-refractivity contribution in [2.24, 2.45) is 0 Å². The maximum absolute atomic E-state index is 9.67. The second kappa shape index (κ2) is 4.91. The first-order valence-corrected chi connectivity index (χ1v) is 2.35. The highest BCUT2D eigenvalue weighted by atomic mass is 16.2. The number of aliphatic hydroxyl groups is 1. The number of rotatable bonds is 3. The predicted octanol–water partition coefficient (Wildman–Crippen LogP) is 0.265. The summed E-state index contributed by atoms with van der Waals surface area (Å²) in [6.45, 7) is 0. The van der Waals surface area contributed by atoms with Crippen molar-refractivity contribution in [2.45, 2.75) is 6.32 Å². The van der Waals surface area contributed by atoms with E-state index in [4.69, 9.17) is 10.4 Å². The van der Waals surface area contributed by atoms with E-state index in [1.807, 2.05) is 0 Å². The van der Waals surface area contributed by atoms with Gasteiger partial charge in [0.2, 0.25) is 7.28 Å². The summed E-state index contributed by atoms with van der Waals surface area (Å²) < 4.78 is 0. The second-order valence-corrected chi connectivity index (χ2v) is 1.34. The minimum atomic E-state index is 0.183. The number of nitriles is 1. The summed E-state index contributed by atoms with van der Waals surface area (Å²) in [5.74, 6) is 0. The van der Waals surface area contributed by atoms with Crippen LogP contribution in [0.15, 0.2) is 11.8 Å². The Balaban J connectivity index is 3.61. The molecule has 0 saturated carbocycles. The van der Waals surface area contributed by atoms with Crippen LogP contribution in [-0.4, -0.2) is 18.6 Å². The number of hydrogen-bond acceptors (Lipinski definition) is 3. The lowest BCUT2D eigenvalue weighted by Gasteiger charge is -1.84. The van der Waals surface area contributed by atoms with Crippen molar-refractivity contribution in [1.82, 2.24) is 0 Å². The van der Waals surface area contributed by atoms with Crippen molar-refractivity contribution < 1.29 is 9.90 Å². The molecule has 0 rings (SSSR count). The Morgan fingerprint density at radius 1 is 1.89 bits per heavy atom. The van der Waals surface area contributed by atoms with E-state index in [0.29, 0.717) is 12.4 Å². The molecule has 0 atom stereocenters. The second-order valence-electron chi connectivity index (χ2n) is 1.34. The molecule has 0 unspecified atom stereocenters. The first-order chi connectivity index (χ1) is 4.35. The third-order valence-electron chi connectivity index (χ3n) is 0.733. The molecule has 0 fully saturated rings. The van der Waals surface area contributed by atoms with Crippen molar-refractivity contribution in [1.29, 1.82) is 5.26 Å². The Labute approximate surface area is 53.8 Å². The van der Waals surface area contributed by atoms with Crippen LogP contribution in [-0.2, 0) is 4.79 Å². The van der Waals surface area contributed by atoms with Crippen molar-refractivity contribution in [3.05, 3.63) is 11.8 Å². The van der Waals surface area contributed by atoms with Crippen molar-refractivity contribution >= 4 is 13.5 Å². The Hall–Kier alpha value is -1.24. The lowest BCUT2D eigenvalue weighted by atomic mass is 9.74. The average molecular weight is 122 g/mol. The van der Waals surface area contributed by atoms with Crippen LogP contribution in [0.25, 0.3) is 0 Å². The monoisotopic (exact) mass is 122 g/mol. The standard InChI is InChI=1S/C5H5BNO2/c7-2-5(3-8)1-6-4-9/h3-4,8H,1H2. The van der Waals surface area contributed by atoms with Gasteiger partial charge in [0.25, 0.3) is 0 Å². The van der Waals surface area contributed by atoms with E-state index in [-0.39, 0.29) is 11.9 Å². The van der Waals surface area contributed by atoms with Crippen LogP contribution in [0, 0.1) is 11.3 Å². The molecule has 1 radical (unpaired) electrons. The number of nitrogens with zero attached hydrogens (tertiary/aromatic N) is 1. The first-order valence-electron chi connectivity index (χ1n) is 2.35. The number of carbonyl (C=O) groups excluding carboxylic acids is 1. The van der Waals surface area contributed by atoms with E-state index in [9.17, 15) is 4.79 Å². The SMILES string of the molecule is N#CC(=CO)C[B]C=O. The largest absolute Gasteiger partial charge is 0.515 e. The quantitative estimate of drug-likeness (QED) is 0.253. The first kappa shape index (κ1) is 7.76. The average Bonchev–Trinajstić information content (AvgIpc) is 1.91. The van der Waals surface area contributed by atoms with Crippen LogP contribution in [0.1, 0.15) is 0 Å². The zero-order valence-electron chi connectivity index (χ0n) is 4.74. The van der Waals surface area contributed by atoms with Gasteiger partial charge in [-0.3, -0.25) is 0 Å². The van der Waals surface area contributed by atoms with Gasteiger partial charge in [0.1, 0.15) is 0 Å². The molecule has 0 bridgehead atoms. The highest BCUT2D eigenvalue weighted by molar-refractivity contribution is 6.67. The molecule has 0 aromatic rings. The summed E-state index contributed by atoms with van der Waals surface area (Å²) in [6.07, 6.45) is 1.48. The van der Waals surface area contributed by atoms with Gasteiger partial charge in [-0.15, -0.1) is 0 Å². The summed E-state index contributed by atoms with van der Waals surface area (Å²) in [6, 6.07) is 1.71. The third kappa shape index (κ3) is 3.36. The fourth-order valence-corrected chi connectivity index (χ4v) is 0.302. The summed E-state index contributed by atoms with van der Waals surface area (Å²) in [5, 5.41) is 16.4. The molecule has 0 aromatic carbocycles. The van der Waals surface area contributed by atoms with Crippen LogP contribution < -0.4 is 0 Å². The summed E-state index contributed by atoms with van der Waals surface area (Å²) in [5.41, 5.74) is 0.183. The molecule has 9 heavy (non-hydrogen) atoms. The fourth-order valence-electron chi connectivity index (χ4n) is 0.302. The van der Waals surface area contributed by atoms with Gasteiger partial charge in [-0.25, -0.2) is 0 Å². The van der Waals surface area contributed by atoms with Crippen molar-refractivity contribution in [3.8, 4) is 6.07 Å². The van der Waals surface area contributed by atoms with Gasteiger partial charge in [-0.2, -0.15) is 5.26 Å². The van der Waals surface area contributed by atoms with Gasteiger partial charge in [0.05, 0.1) is 24.1 Å². The maximum atomic E-state index is 9.67. The minimum absolute atomic E-state index is 0.183.